The molecule has 0 aromatic heterocycles. The lowest BCUT2D eigenvalue weighted by molar-refractivity contribution is 0.0716. The van der Waals surface area contributed by atoms with Gasteiger partial charge in [-0.15, -0.1) is 0 Å². The monoisotopic (exact) mass is 326 g/mol. The first-order valence-corrected chi connectivity index (χ1v) is 8.19. The number of benzene rings is 1. The van der Waals surface area contributed by atoms with E-state index in [0.29, 0.717) is 30.9 Å². The van der Waals surface area contributed by atoms with Crippen LogP contribution in [0.25, 0.3) is 0 Å². The molecule has 2 rings (SSSR count). The molecular weight excluding hydrogens is 308 g/mol. The van der Waals surface area contributed by atoms with Crippen LogP contribution in [-0.4, -0.2) is 50.1 Å². The zero-order valence-corrected chi connectivity index (χ0v) is 13.3. The van der Waals surface area contributed by atoms with Gasteiger partial charge in [0.1, 0.15) is 11.5 Å². The van der Waals surface area contributed by atoms with Gasteiger partial charge in [0.15, 0.2) is 0 Å². The summed E-state index contributed by atoms with van der Waals surface area (Å²) in [6.45, 7) is 1.08. The Labute approximate surface area is 133 Å². The zero-order valence-electron chi connectivity index (χ0n) is 11.7. The lowest BCUT2D eigenvalue weighted by atomic mass is 9.95. The lowest BCUT2D eigenvalue weighted by Crippen LogP contribution is -2.50. The third kappa shape index (κ3) is 3.08. The second-order valence-corrected chi connectivity index (χ2v) is 6.69. The number of rotatable bonds is 3. The van der Waals surface area contributed by atoms with Crippen molar-refractivity contribution in [3.05, 3.63) is 23.8 Å². The molecule has 0 bridgehead atoms. The molecule has 0 saturated carbocycles. The number of thioether (sulfide) groups is 1. The predicted molar refractivity (Wildman–Crippen MR) is 87.9 cm³/mol. The summed E-state index contributed by atoms with van der Waals surface area (Å²) in [5.74, 6) is -0.529. The number of thiocarbonyl (C=S) groups is 1. The van der Waals surface area contributed by atoms with Crippen LogP contribution in [0.4, 0.5) is 0 Å². The van der Waals surface area contributed by atoms with Gasteiger partial charge in [-0.3, -0.25) is 4.79 Å². The van der Waals surface area contributed by atoms with E-state index >= 15 is 0 Å². The fourth-order valence-electron chi connectivity index (χ4n) is 2.49. The molecule has 0 atom stereocenters. The van der Waals surface area contributed by atoms with Crippen LogP contribution in [0, 0.1) is 0 Å². The van der Waals surface area contributed by atoms with Crippen LogP contribution in [0.2, 0.25) is 0 Å². The topological polar surface area (TPSA) is 86.8 Å². The van der Waals surface area contributed by atoms with E-state index in [2.05, 4.69) is 0 Å². The van der Waals surface area contributed by atoms with Crippen molar-refractivity contribution in [1.82, 2.24) is 4.90 Å². The number of carbonyl (C=O) groups is 1. The fourth-order valence-corrected chi connectivity index (χ4v) is 3.74. The average Bonchev–Trinajstić information content (AvgIpc) is 2.46. The molecule has 7 heteroatoms. The Morgan fingerprint density at radius 3 is 2.48 bits per heavy atom. The highest BCUT2D eigenvalue weighted by atomic mass is 32.2. The highest BCUT2D eigenvalue weighted by molar-refractivity contribution is 8.02. The van der Waals surface area contributed by atoms with Gasteiger partial charge in [0, 0.05) is 19.2 Å². The van der Waals surface area contributed by atoms with E-state index in [4.69, 9.17) is 18.0 Å². The van der Waals surface area contributed by atoms with Crippen molar-refractivity contribution in [2.45, 2.75) is 17.6 Å². The maximum absolute atomic E-state index is 12.4. The van der Waals surface area contributed by atoms with Crippen LogP contribution in [-0.2, 0) is 0 Å². The Balaban J connectivity index is 2.12. The molecule has 114 valence electrons. The number of phenolic OH excluding ortho intramolecular Hbond substituents is 2. The summed E-state index contributed by atoms with van der Waals surface area (Å²) < 4.78 is -0.247. The van der Waals surface area contributed by atoms with Gasteiger partial charge in [-0.05, 0) is 31.2 Å². The maximum Gasteiger partial charge on any atom is 0.257 e. The molecule has 0 unspecified atom stereocenters. The highest BCUT2D eigenvalue weighted by Crippen LogP contribution is 2.36. The van der Waals surface area contributed by atoms with Gasteiger partial charge in [0.05, 0.1) is 15.3 Å². The first kappa shape index (κ1) is 15.9. The molecule has 0 radical (unpaired) electrons. The molecule has 1 amide bonds. The van der Waals surface area contributed by atoms with Crippen LogP contribution in [0.15, 0.2) is 18.2 Å². The minimum atomic E-state index is -0.247. The van der Waals surface area contributed by atoms with Crippen molar-refractivity contribution in [3.8, 4) is 11.5 Å². The van der Waals surface area contributed by atoms with Gasteiger partial charge in [-0.1, -0.05) is 12.2 Å². The highest BCUT2D eigenvalue weighted by Gasteiger charge is 2.38. The molecule has 0 aliphatic carbocycles. The maximum atomic E-state index is 12.4. The normalized spacial score (nSPS) is 17.5. The Kier molecular flexibility index (Phi) is 4.63. The van der Waals surface area contributed by atoms with Gasteiger partial charge < -0.3 is 20.8 Å². The molecule has 1 aliphatic rings. The van der Waals surface area contributed by atoms with Gasteiger partial charge in [0.2, 0.25) is 0 Å². The van der Waals surface area contributed by atoms with E-state index in [1.165, 1.54) is 18.2 Å². The summed E-state index contributed by atoms with van der Waals surface area (Å²) in [7, 11) is 0. The van der Waals surface area contributed by atoms with E-state index in [1.54, 1.807) is 16.7 Å². The standard InChI is InChI=1S/C14H18N2O3S2/c1-21-14(13(15)20)4-6-16(7-5-14)12(19)10-3-2-9(17)8-11(10)18/h2-3,8,17-18H,4-7H2,1H3,(H2,15,20). The summed E-state index contributed by atoms with van der Waals surface area (Å²) in [4.78, 5) is 14.6. The summed E-state index contributed by atoms with van der Waals surface area (Å²) >= 11 is 6.77. The molecule has 1 aromatic rings. The van der Waals surface area contributed by atoms with Crippen LogP contribution in [0.5, 0.6) is 11.5 Å². The van der Waals surface area contributed by atoms with E-state index in [-0.39, 0.29) is 27.7 Å². The quantitative estimate of drug-likeness (QED) is 0.733. The second kappa shape index (κ2) is 6.11. The largest absolute Gasteiger partial charge is 0.508 e. The molecular formula is C14H18N2O3S2. The summed E-state index contributed by atoms with van der Waals surface area (Å²) in [5.41, 5.74) is 6.02. The van der Waals surface area contributed by atoms with Crippen molar-refractivity contribution >= 4 is 34.9 Å². The number of phenols is 2. The third-order valence-electron chi connectivity index (χ3n) is 3.91. The number of hydrogen-bond donors (Lipinski definition) is 3. The van der Waals surface area contributed by atoms with Gasteiger partial charge >= 0.3 is 0 Å². The van der Waals surface area contributed by atoms with E-state index in [9.17, 15) is 15.0 Å². The van der Waals surface area contributed by atoms with Crippen molar-refractivity contribution in [2.75, 3.05) is 19.3 Å². The predicted octanol–water partition coefficient (Wildman–Crippen LogP) is 1.72. The molecule has 1 saturated heterocycles. The van der Waals surface area contributed by atoms with Crippen molar-refractivity contribution < 1.29 is 15.0 Å². The molecule has 1 aromatic carbocycles. The molecule has 1 heterocycles. The summed E-state index contributed by atoms with van der Waals surface area (Å²) in [6.07, 6.45) is 3.38. The van der Waals surface area contributed by atoms with E-state index in [1.807, 2.05) is 6.26 Å². The van der Waals surface area contributed by atoms with Crippen molar-refractivity contribution in [2.24, 2.45) is 5.73 Å². The zero-order chi connectivity index (χ0) is 15.6. The lowest BCUT2D eigenvalue weighted by Gasteiger charge is -2.40. The van der Waals surface area contributed by atoms with Crippen LogP contribution >= 0.6 is 24.0 Å². The SMILES string of the molecule is CSC1(C(N)=S)CCN(C(=O)c2ccc(O)cc2O)CC1. The average molecular weight is 326 g/mol. The van der Waals surface area contributed by atoms with Gasteiger partial charge in [-0.2, -0.15) is 11.8 Å². The van der Waals surface area contributed by atoms with Gasteiger partial charge in [-0.25, -0.2) is 0 Å². The van der Waals surface area contributed by atoms with Crippen LogP contribution < -0.4 is 5.73 Å². The number of hydrogen-bond acceptors (Lipinski definition) is 5. The number of piperidine rings is 1. The summed E-state index contributed by atoms with van der Waals surface area (Å²) in [6, 6.07) is 3.98. The molecule has 4 N–H and O–H groups in total. The first-order valence-electron chi connectivity index (χ1n) is 6.56. The Morgan fingerprint density at radius 1 is 1.38 bits per heavy atom. The first-order chi connectivity index (χ1) is 9.89. The number of likely N-dealkylation sites (tertiary alicyclic amines) is 1. The number of carbonyl (C=O) groups excluding carboxylic acids is 1. The van der Waals surface area contributed by atoms with Crippen LogP contribution in [0.3, 0.4) is 0 Å². The van der Waals surface area contributed by atoms with E-state index in [0.717, 1.165) is 0 Å². The number of aromatic hydroxyl groups is 2. The minimum absolute atomic E-state index is 0.0717. The fraction of sp³-hybridized carbons (Fsp3) is 0.429. The summed E-state index contributed by atoms with van der Waals surface area (Å²) in [5, 5.41) is 19.1. The Morgan fingerprint density at radius 2 is 2.00 bits per heavy atom. The number of nitrogens with two attached hydrogens (primary N) is 1. The molecule has 0 spiro atoms. The molecule has 5 nitrogen and oxygen atoms in total. The van der Waals surface area contributed by atoms with Crippen LogP contribution in [0.1, 0.15) is 23.2 Å². The Hall–Kier alpha value is -1.47. The third-order valence-corrected chi connectivity index (χ3v) is 5.84. The number of nitrogens with zero attached hydrogens (tertiary/aromatic N) is 1. The van der Waals surface area contributed by atoms with Crippen molar-refractivity contribution in [3.63, 3.8) is 0 Å². The molecule has 1 fully saturated rings. The molecule has 1 aliphatic heterocycles. The van der Waals surface area contributed by atoms with E-state index < -0.39 is 0 Å². The van der Waals surface area contributed by atoms with Crippen molar-refractivity contribution in [1.29, 1.82) is 0 Å². The minimum Gasteiger partial charge on any atom is -0.508 e. The smallest absolute Gasteiger partial charge is 0.257 e. The van der Waals surface area contributed by atoms with Gasteiger partial charge in [0.25, 0.3) is 5.91 Å². The number of amides is 1. The second-order valence-electron chi connectivity index (χ2n) is 5.06. The molecule has 21 heavy (non-hydrogen) atoms. The Bertz CT molecular complexity index is 569.